The topological polar surface area (TPSA) is 48.4 Å². The Morgan fingerprint density at radius 3 is 2.57 bits per heavy atom. The van der Waals surface area contributed by atoms with E-state index in [1.165, 1.54) is 20.4 Å². The fourth-order valence-electron chi connectivity index (χ4n) is 0.921. The fraction of sp³-hybridized carbons (Fsp3) is 0.200. The van der Waals surface area contributed by atoms with E-state index in [1.54, 1.807) is 12.1 Å². The van der Waals surface area contributed by atoms with Crippen molar-refractivity contribution in [3.05, 3.63) is 30.5 Å². The second kappa shape index (κ2) is 4.41. The van der Waals surface area contributed by atoms with E-state index in [4.69, 9.17) is 4.74 Å². The van der Waals surface area contributed by atoms with Gasteiger partial charge in [0.15, 0.2) is 0 Å². The first-order valence-corrected chi connectivity index (χ1v) is 3.96. The third-order valence-electron chi connectivity index (χ3n) is 1.73. The van der Waals surface area contributed by atoms with E-state index in [1.807, 2.05) is 0 Å². The Kier molecular flexibility index (Phi) is 3.23. The summed E-state index contributed by atoms with van der Waals surface area (Å²) in [5, 5.41) is 0. The molecule has 14 heavy (non-hydrogen) atoms. The van der Waals surface area contributed by atoms with Gasteiger partial charge in [0.2, 0.25) is 5.88 Å². The molecule has 0 atom stereocenters. The van der Waals surface area contributed by atoms with E-state index in [0.717, 1.165) is 0 Å². The highest BCUT2D eigenvalue weighted by Crippen LogP contribution is 2.15. The zero-order chi connectivity index (χ0) is 10.6. The monoisotopic (exact) mass is 193 g/mol. The van der Waals surface area contributed by atoms with Gasteiger partial charge in [-0.15, -0.1) is 0 Å². The van der Waals surface area contributed by atoms with Gasteiger partial charge < -0.3 is 9.47 Å². The van der Waals surface area contributed by atoms with Gasteiger partial charge >= 0.3 is 5.97 Å². The first kappa shape index (κ1) is 10.2. The van der Waals surface area contributed by atoms with E-state index in [-0.39, 0.29) is 5.57 Å². The Morgan fingerprint density at radius 1 is 1.43 bits per heavy atom. The van der Waals surface area contributed by atoms with Crippen molar-refractivity contribution in [2.24, 2.45) is 0 Å². The van der Waals surface area contributed by atoms with Gasteiger partial charge in [-0.2, -0.15) is 0 Å². The molecule has 0 aromatic carbocycles. The molecule has 0 saturated heterocycles. The third-order valence-corrected chi connectivity index (χ3v) is 1.73. The Balaban J connectivity index is 2.87. The normalized spacial score (nSPS) is 9.29. The maximum Gasteiger partial charge on any atom is 0.337 e. The van der Waals surface area contributed by atoms with Crippen molar-refractivity contribution in [3.8, 4) is 5.88 Å². The second-order valence-electron chi connectivity index (χ2n) is 2.56. The number of carbonyl (C=O) groups is 1. The van der Waals surface area contributed by atoms with Gasteiger partial charge in [0.1, 0.15) is 0 Å². The molecule has 0 bridgehead atoms. The quantitative estimate of drug-likeness (QED) is 0.536. The molecule has 0 unspecified atom stereocenters. The Labute approximate surface area is 82.2 Å². The van der Waals surface area contributed by atoms with Crippen molar-refractivity contribution in [2.75, 3.05) is 14.2 Å². The molecule has 0 amide bonds. The van der Waals surface area contributed by atoms with Crippen molar-refractivity contribution in [1.29, 1.82) is 0 Å². The number of carbonyl (C=O) groups excluding carboxylic acids is 1. The number of hydrogen-bond acceptors (Lipinski definition) is 4. The Morgan fingerprint density at radius 2 is 2.14 bits per heavy atom. The van der Waals surface area contributed by atoms with Crippen LogP contribution in [-0.2, 0) is 9.53 Å². The van der Waals surface area contributed by atoms with E-state index in [2.05, 4.69) is 16.3 Å². The lowest BCUT2D eigenvalue weighted by atomic mass is 10.1. The molecular weight excluding hydrogens is 182 g/mol. The summed E-state index contributed by atoms with van der Waals surface area (Å²) in [6, 6.07) is 3.36. The van der Waals surface area contributed by atoms with Crippen LogP contribution < -0.4 is 4.74 Å². The highest BCUT2D eigenvalue weighted by molar-refractivity contribution is 6.15. The van der Waals surface area contributed by atoms with E-state index >= 15 is 0 Å². The lowest BCUT2D eigenvalue weighted by Gasteiger charge is -2.03. The lowest BCUT2D eigenvalue weighted by molar-refractivity contribution is -0.133. The number of pyridine rings is 1. The standard InChI is InChI=1S/C10H11NO3/c1-7(10(12)14-3)8-4-5-9(13-2)11-6-8/h4-6H,1H2,2-3H3. The summed E-state index contributed by atoms with van der Waals surface area (Å²) < 4.78 is 9.40. The van der Waals surface area contributed by atoms with Crippen LogP contribution in [-0.4, -0.2) is 25.2 Å². The average molecular weight is 193 g/mol. The van der Waals surface area contributed by atoms with Gasteiger partial charge in [-0.1, -0.05) is 6.58 Å². The molecule has 4 heteroatoms. The maximum absolute atomic E-state index is 11.1. The average Bonchev–Trinajstić information content (AvgIpc) is 2.27. The summed E-state index contributed by atoms with van der Waals surface area (Å²) in [7, 11) is 2.83. The van der Waals surface area contributed by atoms with Crippen LogP contribution in [0.2, 0.25) is 0 Å². The van der Waals surface area contributed by atoms with Crippen molar-refractivity contribution in [1.82, 2.24) is 4.98 Å². The van der Waals surface area contributed by atoms with Crippen molar-refractivity contribution < 1.29 is 14.3 Å². The van der Waals surface area contributed by atoms with Crippen LogP contribution in [0, 0.1) is 0 Å². The molecule has 0 radical (unpaired) electrons. The van der Waals surface area contributed by atoms with Gasteiger partial charge in [-0.25, -0.2) is 9.78 Å². The number of aromatic nitrogens is 1. The zero-order valence-corrected chi connectivity index (χ0v) is 8.11. The summed E-state index contributed by atoms with van der Waals surface area (Å²) >= 11 is 0. The minimum absolute atomic E-state index is 0.280. The largest absolute Gasteiger partial charge is 0.481 e. The molecule has 0 saturated carbocycles. The highest BCUT2D eigenvalue weighted by atomic mass is 16.5. The van der Waals surface area contributed by atoms with Crippen LogP contribution in [0.5, 0.6) is 5.88 Å². The molecule has 4 nitrogen and oxygen atoms in total. The molecule has 1 rings (SSSR count). The van der Waals surface area contributed by atoms with Gasteiger partial charge in [0.25, 0.3) is 0 Å². The van der Waals surface area contributed by atoms with E-state index in [0.29, 0.717) is 11.4 Å². The van der Waals surface area contributed by atoms with Crippen LogP contribution in [0.15, 0.2) is 24.9 Å². The summed E-state index contributed by atoms with van der Waals surface area (Å²) in [4.78, 5) is 15.0. The zero-order valence-electron chi connectivity index (χ0n) is 8.11. The molecule has 0 spiro atoms. The van der Waals surface area contributed by atoms with Crippen LogP contribution in [0.1, 0.15) is 5.56 Å². The third kappa shape index (κ3) is 2.10. The maximum atomic E-state index is 11.1. The van der Waals surface area contributed by atoms with E-state index < -0.39 is 5.97 Å². The van der Waals surface area contributed by atoms with Crippen LogP contribution in [0.3, 0.4) is 0 Å². The summed E-state index contributed by atoms with van der Waals surface area (Å²) in [5.41, 5.74) is 0.903. The van der Waals surface area contributed by atoms with Crippen molar-refractivity contribution in [2.45, 2.75) is 0 Å². The Bertz CT molecular complexity index is 343. The van der Waals surface area contributed by atoms with Gasteiger partial charge in [-0.3, -0.25) is 0 Å². The molecule has 0 aliphatic rings. The van der Waals surface area contributed by atoms with Crippen LogP contribution >= 0.6 is 0 Å². The van der Waals surface area contributed by atoms with Crippen LogP contribution in [0.4, 0.5) is 0 Å². The minimum atomic E-state index is -0.461. The predicted octanol–water partition coefficient (Wildman–Crippen LogP) is 1.28. The van der Waals surface area contributed by atoms with Gasteiger partial charge in [-0.05, 0) is 6.07 Å². The highest BCUT2D eigenvalue weighted by Gasteiger charge is 2.09. The summed E-state index contributed by atoms with van der Waals surface area (Å²) in [6.07, 6.45) is 1.51. The second-order valence-corrected chi connectivity index (χ2v) is 2.56. The molecular formula is C10H11NO3. The molecule has 1 heterocycles. The molecule has 0 aliphatic heterocycles. The summed E-state index contributed by atoms with van der Waals surface area (Å²) in [5.74, 6) is 0.0309. The summed E-state index contributed by atoms with van der Waals surface area (Å²) in [6.45, 7) is 3.60. The number of nitrogens with zero attached hydrogens (tertiary/aromatic N) is 1. The molecule has 1 aromatic rings. The molecule has 0 fully saturated rings. The molecule has 1 aromatic heterocycles. The number of hydrogen-bond donors (Lipinski definition) is 0. The van der Waals surface area contributed by atoms with Crippen molar-refractivity contribution >= 4 is 11.5 Å². The van der Waals surface area contributed by atoms with Gasteiger partial charge in [0.05, 0.1) is 19.8 Å². The number of esters is 1. The molecule has 0 N–H and O–H groups in total. The lowest BCUT2D eigenvalue weighted by Crippen LogP contribution is -2.02. The first-order valence-electron chi connectivity index (χ1n) is 3.96. The fourth-order valence-corrected chi connectivity index (χ4v) is 0.921. The predicted molar refractivity (Wildman–Crippen MR) is 51.8 cm³/mol. The van der Waals surface area contributed by atoms with Crippen LogP contribution in [0.25, 0.3) is 5.57 Å². The molecule has 74 valence electrons. The SMILES string of the molecule is C=C(C(=O)OC)c1ccc(OC)nc1. The number of methoxy groups -OCH3 is 2. The van der Waals surface area contributed by atoms with E-state index in [9.17, 15) is 4.79 Å². The minimum Gasteiger partial charge on any atom is -0.481 e. The smallest absolute Gasteiger partial charge is 0.337 e. The number of rotatable bonds is 3. The van der Waals surface area contributed by atoms with Crippen molar-refractivity contribution in [3.63, 3.8) is 0 Å². The Hall–Kier alpha value is -1.84. The molecule has 0 aliphatic carbocycles. The number of ether oxygens (including phenoxy) is 2. The first-order chi connectivity index (χ1) is 6.69. The van der Waals surface area contributed by atoms with Gasteiger partial charge in [0, 0.05) is 17.8 Å².